The second-order valence-electron chi connectivity index (χ2n) is 9.32. The lowest BCUT2D eigenvalue weighted by atomic mass is 10.1. The molecule has 0 saturated carbocycles. The summed E-state index contributed by atoms with van der Waals surface area (Å²) in [5.74, 6) is -0.669. The Kier molecular flexibility index (Phi) is 11.5. The Morgan fingerprint density at radius 2 is 1.32 bits per heavy atom. The summed E-state index contributed by atoms with van der Waals surface area (Å²) in [6.07, 6.45) is 6.34. The zero-order valence-electron chi connectivity index (χ0n) is 22.8. The lowest BCUT2D eigenvalue weighted by Crippen LogP contribution is -2.08. The summed E-state index contributed by atoms with van der Waals surface area (Å²) in [7, 11) is 0. The van der Waals surface area contributed by atoms with Crippen molar-refractivity contribution in [3.05, 3.63) is 120 Å². The normalized spacial score (nSPS) is 10.5. The predicted octanol–water partition coefficient (Wildman–Crippen LogP) is 7.31. The molecule has 0 fully saturated rings. The number of fused-ring (bicyclic) bond motifs is 1. The molecule has 0 aromatic heterocycles. The Hall–Kier alpha value is -4.84. The van der Waals surface area contributed by atoms with E-state index in [0.717, 1.165) is 41.2 Å². The van der Waals surface area contributed by atoms with Crippen molar-refractivity contribution in [2.75, 3.05) is 24.7 Å². The Morgan fingerprint density at radius 3 is 2.02 bits per heavy atom. The van der Waals surface area contributed by atoms with Crippen LogP contribution in [0.1, 0.15) is 47.7 Å². The molecule has 6 nitrogen and oxygen atoms in total. The van der Waals surface area contributed by atoms with Crippen molar-refractivity contribution < 1.29 is 19.1 Å². The minimum Gasteiger partial charge on any atom is -0.462 e. The molecule has 0 amide bonds. The molecule has 0 aliphatic rings. The van der Waals surface area contributed by atoms with E-state index in [-0.39, 0.29) is 11.9 Å². The van der Waals surface area contributed by atoms with Crippen molar-refractivity contribution in [3.63, 3.8) is 0 Å². The van der Waals surface area contributed by atoms with Gasteiger partial charge in [-0.2, -0.15) is 0 Å². The van der Waals surface area contributed by atoms with E-state index in [2.05, 4.69) is 6.58 Å². The topological polar surface area (TPSA) is 105 Å². The molecule has 4 aromatic rings. The van der Waals surface area contributed by atoms with E-state index in [1.807, 2.05) is 91.0 Å². The molecular formula is C34H36N2O4. The molecule has 0 heterocycles. The van der Waals surface area contributed by atoms with Crippen molar-refractivity contribution >= 4 is 46.2 Å². The van der Waals surface area contributed by atoms with Gasteiger partial charge in [-0.05, 0) is 72.4 Å². The number of anilines is 2. The van der Waals surface area contributed by atoms with Gasteiger partial charge < -0.3 is 20.9 Å². The van der Waals surface area contributed by atoms with Gasteiger partial charge in [-0.3, -0.25) is 0 Å². The summed E-state index contributed by atoms with van der Waals surface area (Å²) in [6.45, 7) is 5.86. The molecular weight excluding hydrogens is 500 g/mol. The maximum atomic E-state index is 12.2. The summed E-state index contributed by atoms with van der Waals surface area (Å²) < 4.78 is 10.3. The highest BCUT2D eigenvalue weighted by Crippen LogP contribution is 2.19. The number of unbranched alkanes of at least 4 members (excludes halogenated alkanes) is 2. The van der Waals surface area contributed by atoms with Crippen LogP contribution >= 0.6 is 0 Å². The monoisotopic (exact) mass is 536 g/mol. The molecule has 0 spiro atoms. The van der Waals surface area contributed by atoms with Crippen LogP contribution in [0.15, 0.2) is 103 Å². The fourth-order valence-corrected chi connectivity index (χ4v) is 3.87. The van der Waals surface area contributed by atoms with E-state index in [1.54, 1.807) is 19.1 Å². The van der Waals surface area contributed by atoms with Gasteiger partial charge in [-0.15, -0.1) is 0 Å². The summed E-state index contributed by atoms with van der Waals surface area (Å²) in [5.41, 5.74) is 16.0. The SMILES string of the molecule is C=C(C)C(=O)OCCCCCOC(=O)c1cccc2ccccc12.Nc1cc(N)cc(C=Cc2ccccc2)c1. The third kappa shape index (κ3) is 9.80. The minimum absolute atomic E-state index is 0.305. The molecule has 0 saturated heterocycles. The van der Waals surface area contributed by atoms with Gasteiger partial charge in [-0.25, -0.2) is 9.59 Å². The van der Waals surface area contributed by atoms with Gasteiger partial charge >= 0.3 is 11.9 Å². The van der Waals surface area contributed by atoms with Crippen molar-refractivity contribution in [2.24, 2.45) is 0 Å². The minimum atomic E-state index is -0.364. The van der Waals surface area contributed by atoms with Gasteiger partial charge in [-0.1, -0.05) is 85.5 Å². The first-order valence-electron chi connectivity index (χ1n) is 13.2. The van der Waals surface area contributed by atoms with E-state index in [1.165, 1.54) is 0 Å². The first-order valence-corrected chi connectivity index (χ1v) is 13.2. The average Bonchev–Trinajstić information content (AvgIpc) is 2.95. The van der Waals surface area contributed by atoms with Gasteiger partial charge in [0.25, 0.3) is 0 Å². The number of benzene rings is 4. The van der Waals surface area contributed by atoms with E-state index < -0.39 is 0 Å². The molecule has 4 N–H and O–H groups in total. The number of hydrogen-bond donors (Lipinski definition) is 2. The summed E-state index contributed by atoms with van der Waals surface area (Å²) in [5, 5.41) is 1.92. The Labute approximate surface area is 235 Å². The summed E-state index contributed by atoms with van der Waals surface area (Å²) in [4.78, 5) is 23.4. The third-order valence-electron chi connectivity index (χ3n) is 5.88. The molecule has 6 heteroatoms. The maximum Gasteiger partial charge on any atom is 0.338 e. The smallest absolute Gasteiger partial charge is 0.338 e. The van der Waals surface area contributed by atoms with Crippen molar-refractivity contribution in [1.29, 1.82) is 0 Å². The molecule has 0 radical (unpaired) electrons. The molecule has 0 aliphatic carbocycles. The van der Waals surface area contributed by atoms with Crippen molar-refractivity contribution in [3.8, 4) is 0 Å². The van der Waals surface area contributed by atoms with E-state index in [4.69, 9.17) is 20.9 Å². The summed E-state index contributed by atoms with van der Waals surface area (Å²) in [6, 6.07) is 29.0. The van der Waals surface area contributed by atoms with Gasteiger partial charge in [0.05, 0.1) is 18.8 Å². The van der Waals surface area contributed by atoms with E-state index in [0.29, 0.717) is 35.7 Å². The van der Waals surface area contributed by atoms with Crippen LogP contribution in [0, 0.1) is 0 Å². The number of nitrogen functional groups attached to an aromatic ring is 2. The van der Waals surface area contributed by atoms with Crippen LogP contribution in [0.2, 0.25) is 0 Å². The third-order valence-corrected chi connectivity index (χ3v) is 5.88. The molecule has 4 rings (SSSR count). The maximum absolute atomic E-state index is 12.2. The van der Waals surface area contributed by atoms with Gasteiger partial charge in [0.1, 0.15) is 0 Å². The number of rotatable bonds is 10. The molecule has 0 unspecified atom stereocenters. The number of ether oxygens (including phenoxy) is 2. The molecule has 40 heavy (non-hydrogen) atoms. The zero-order chi connectivity index (χ0) is 28.7. The molecule has 0 bridgehead atoms. The standard InChI is InChI=1S/C20H22O4.C14H14N2/c1-15(2)19(21)23-13-6-3-7-14-24-20(22)18-12-8-10-16-9-4-5-11-17(16)18;15-13-8-12(9-14(16)10-13)7-6-11-4-2-1-3-5-11/h4-5,8-12H,1,3,6-7,13-14H2,2H3;1-10H,15-16H2. The fraction of sp³-hybridized carbons (Fsp3) is 0.176. The zero-order valence-corrected chi connectivity index (χ0v) is 22.8. The number of carbonyl (C=O) groups excluding carboxylic acids is 2. The average molecular weight is 537 g/mol. The first-order chi connectivity index (χ1) is 19.3. The van der Waals surface area contributed by atoms with Gasteiger partial charge in [0, 0.05) is 16.9 Å². The van der Waals surface area contributed by atoms with E-state index in [9.17, 15) is 9.59 Å². The largest absolute Gasteiger partial charge is 0.462 e. The second kappa shape index (κ2) is 15.5. The lowest BCUT2D eigenvalue weighted by molar-refractivity contribution is -0.139. The van der Waals surface area contributed by atoms with Crippen LogP contribution in [-0.2, 0) is 14.3 Å². The highest BCUT2D eigenvalue weighted by atomic mass is 16.5. The van der Waals surface area contributed by atoms with Crippen LogP contribution in [0.4, 0.5) is 11.4 Å². The Balaban J connectivity index is 0.000000238. The van der Waals surface area contributed by atoms with Gasteiger partial charge in [0.2, 0.25) is 0 Å². The van der Waals surface area contributed by atoms with Crippen LogP contribution in [0.25, 0.3) is 22.9 Å². The quantitative estimate of drug-likeness (QED) is 0.0724. The van der Waals surface area contributed by atoms with Crippen molar-refractivity contribution in [1.82, 2.24) is 0 Å². The Bertz CT molecular complexity index is 1440. The summed E-state index contributed by atoms with van der Waals surface area (Å²) >= 11 is 0. The first kappa shape index (κ1) is 29.7. The number of carbonyl (C=O) groups is 2. The number of nitrogens with two attached hydrogens (primary N) is 2. The highest BCUT2D eigenvalue weighted by molar-refractivity contribution is 6.04. The van der Waals surface area contributed by atoms with Gasteiger partial charge in [0.15, 0.2) is 0 Å². The molecule has 0 aliphatic heterocycles. The van der Waals surface area contributed by atoms with Crippen LogP contribution in [0.3, 0.4) is 0 Å². The molecule has 206 valence electrons. The fourth-order valence-electron chi connectivity index (χ4n) is 3.87. The van der Waals surface area contributed by atoms with E-state index >= 15 is 0 Å². The van der Waals surface area contributed by atoms with Crippen LogP contribution < -0.4 is 11.5 Å². The van der Waals surface area contributed by atoms with Crippen LogP contribution in [0.5, 0.6) is 0 Å². The number of hydrogen-bond acceptors (Lipinski definition) is 6. The number of esters is 2. The highest BCUT2D eigenvalue weighted by Gasteiger charge is 2.10. The Morgan fingerprint density at radius 1 is 0.725 bits per heavy atom. The van der Waals surface area contributed by atoms with Crippen molar-refractivity contribution in [2.45, 2.75) is 26.2 Å². The molecule has 4 aromatic carbocycles. The molecule has 0 atom stereocenters. The lowest BCUT2D eigenvalue weighted by Gasteiger charge is -2.08. The second-order valence-corrected chi connectivity index (χ2v) is 9.32. The van der Waals surface area contributed by atoms with Crippen LogP contribution in [-0.4, -0.2) is 25.2 Å². The predicted molar refractivity (Wildman–Crippen MR) is 164 cm³/mol.